The molecule has 4 radical (unpaired) electrons. The minimum Gasteiger partial charge on any atom is -0.0793 e. The van der Waals surface area contributed by atoms with E-state index in [-0.39, 0.29) is 0 Å². The largest absolute Gasteiger partial charge is 0.131 e. The highest BCUT2D eigenvalue weighted by molar-refractivity contribution is 9.12. The molecule has 0 saturated carbocycles. The number of rotatable bonds is 1. The number of hydrogen-bond donors (Lipinski definition) is 0. The summed E-state index contributed by atoms with van der Waals surface area (Å²) in [7, 11) is 1.73. The average molecular weight is 307 g/mol. The van der Waals surface area contributed by atoms with Crippen molar-refractivity contribution in [1.82, 2.24) is 0 Å². The first-order valence-electron chi connectivity index (χ1n) is 5.44. The van der Waals surface area contributed by atoms with Crippen molar-refractivity contribution in [3.05, 3.63) is 42.0 Å². The van der Waals surface area contributed by atoms with Crippen LogP contribution in [0.15, 0.2) is 42.0 Å². The van der Waals surface area contributed by atoms with Gasteiger partial charge in [0.2, 0.25) is 0 Å². The Labute approximate surface area is 111 Å². The highest BCUT2D eigenvalue weighted by Gasteiger charge is 2.26. The Bertz CT molecular complexity index is 444. The van der Waals surface area contributed by atoms with Crippen LogP contribution in [-0.4, -0.2) is 19.0 Å². The smallest absolute Gasteiger partial charge is 0.0793 e. The van der Waals surface area contributed by atoms with Crippen LogP contribution in [0.5, 0.6) is 0 Å². The Morgan fingerprint density at radius 3 is 1.56 bits per heavy atom. The van der Waals surface area contributed by atoms with E-state index < -0.39 is 0 Å². The topological polar surface area (TPSA) is 0 Å². The molecule has 2 rings (SSSR count). The molecule has 0 nitrogen and oxygen atoms in total. The normalized spacial score (nSPS) is 22.1. The van der Waals surface area contributed by atoms with E-state index in [1.54, 1.807) is 15.6 Å². The van der Waals surface area contributed by atoms with E-state index >= 15 is 0 Å². The van der Waals surface area contributed by atoms with E-state index in [9.17, 15) is 0 Å². The Balaban J connectivity index is 2.40. The molecule has 0 aromatic carbocycles. The summed E-state index contributed by atoms with van der Waals surface area (Å²) < 4.78 is 1.40. The molecule has 0 bridgehead atoms. The number of hydrogen-bond acceptors (Lipinski definition) is 0. The van der Waals surface area contributed by atoms with Crippen LogP contribution in [0.1, 0.15) is 34.6 Å². The van der Waals surface area contributed by atoms with Crippen LogP contribution in [0.25, 0.3) is 0 Å². The Kier molecular flexibility index (Phi) is 3.30. The molecule has 0 atom stereocenters. The minimum atomic E-state index is 0.832. The summed E-state index contributed by atoms with van der Waals surface area (Å²) >= 11 is 3.70. The van der Waals surface area contributed by atoms with Gasteiger partial charge in [-0.25, -0.2) is 0 Å². The van der Waals surface area contributed by atoms with E-state index in [2.05, 4.69) is 50.5 Å². The molecule has 3 heteroatoms. The van der Waals surface area contributed by atoms with Gasteiger partial charge in [-0.05, 0) is 55.4 Å². The summed E-state index contributed by atoms with van der Waals surface area (Å²) in [4.78, 5) is 0. The lowest BCUT2D eigenvalue weighted by Gasteiger charge is -2.08. The van der Waals surface area contributed by atoms with E-state index in [0.717, 1.165) is 19.0 Å². The monoisotopic (exact) mass is 306 g/mol. The van der Waals surface area contributed by atoms with Crippen molar-refractivity contribution < 1.29 is 0 Å². The summed E-state index contributed by atoms with van der Waals surface area (Å²) in [5.74, 6) is 0. The van der Waals surface area contributed by atoms with Gasteiger partial charge in [-0.3, -0.25) is 0 Å². The first-order chi connectivity index (χ1) is 7.43. The maximum Gasteiger partial charge on any atom is 0.131 e. The van der Waals surface area contributed by atoms with Crippen molar-refractivity contribution in [3.8, 4) is 0 Å². The van der Waals surface area contributed by atoms with Crippen LogP contribution >= 0.6 is 15.9 Å². The van der Waals surface area contributed by atoms with E-state index in [0.29, 0.717) is 0 Å². The lowest BCUT2D eigenvalue weighted by molar-refractivity contribution is 1.31. The third kappa shape index (κ3) is 1.79. The quantitative estimate of drug-likeness (QED) is 0.645. The lowest BCUT2D eigenvalue weighted by Crippen LogP contribution is -2.04. The Hall–Kier alpha value is -0.126. The molecular formula is C13H15BrSi2. The molecule has 0 saturated heterocycles. The summed E-state index contributed by atoms with van der Waals surface area (Å²) in [6.45, 7) is 11.3. The lowest BCUT2D eigenvalue weighted by atomic mass is 10.1. The van der Waals surface area contributed by atoms with Crippen molar-refractivity contribution in [1.29, 1.82) is 0 Å². The third-order valence-corrected chi connectivity index (χ3v) is 8.10. The highest BCUT2D eigenvalue weighted by atomic mass is 79.9. The molecule has 0 N–H and O–H groups in total. The first-order valence-corrected chi connectivity index (χ1v) is 8.23. The van der Waals surface area contributed by atoms with Crippen molar-refractivity contribution in [2.45, 2.75) is 34.6 Å². The predicted octanol–water partition coefficient (Wildman–Crippen LogP) is 3.89. The standard InChI is InChI=1S/C13H15BrSi2/c1-6-7(2)11(15-10(6)5)12-8(3)9(4)13(14)16-12/h1-5H3. The fourth-order valence-corrected chi connectivity index (χ4v) is 5.98. The number of allylic oxidation sites excluding steroid dienone is 7. The van der Waals surface area contributed by atoms with Gasteiger partial charge < -0.3 is 0 Å². The summed E-state index contributed by atoms with van der Waals surface area (Å²) in [6.07, 6.45) is 0. The molecule has 0 amide bonds. The fourth-order valence-electron chi connectivity index (χ4n) is 1.99. The van der Waals surface area contributed by atoms with Gasteiger partial charge in [-0.1, -0.05) is 37.1 Å². The van der Waals surface area contributed by atoms with Gasteiger partial charge in [-0.2, -0.15) is 0 Å². The molecule has 0 aromatic heterocycles. The van der Waals surface area contributed by atoms with Gasteiger partial charge in [0.1, 0.15) is 19.0 Å². The van der Waals surface area contributed by atoms with Crippen molar-refractivity contribution in [2.75, 3.05) is 0 Å². The van der Waals surface area contributed by atoms with Crippen molar-refractivity contribution >= 4 is 35.0 Å². The fraction of sp³-hybridized carbons (Fsp3) is 0.385. The van der Waals surface area contributed by atoms with Gasteiger partial charge in [0.25, 0.3) is 0 Å². The van der Waals surface area contributed by atoms with Crippen LogP contribution in [0.4, 0.5) is 0 Å². The molecule has 2 aliphatic rings. The highest BCUT2D eigenvalue weighted by Crippen LogP contribution is 2.38. The zero-order valence-electron chi connectivity index (χ0n) is 10.4. The molecular weight excluding hydrogens is 292 g/mol. The molecule has 0 fully saturated rings. The van der Waals surface area contributed by atoms with Crippen LogP contribution in [0.2, 0.25) is 0 Å². The maximum atomic E-state index is 3.70. The van der Waals surface area contributed by atoms with Gasteiger partial charge in [0, 0.05) is 0 Å². The molecule has 0 aromatic rings. The second-order valence-electron chi connectivity index (χ2n) is 4.44. The second kappa shape index (κ2) is 4.28. The van der Waals surface area contributed by atoms with Gasteiger partial charge >= 0.3 is 0 Å². The van der Waals surface area contributed by atoms with E-state index in [1.165, 1.54) is 26.4 Å². The van der Waals surface area contributed by atoms with E-state index in [4.69, 9.17) is 0 Å². The van der Waals surface area contributed by atoms with E-state index in [1.807, 2.05) is 0 Å². The molecule has 0 aliphatic carbocycles. The molecule has 82 valence electrons. The van der Waals surface area contributed by atoms with Crippen LogP contribution in [-0.2, 0) is 0 Å². The molecule has 16 heavy (non-hydrogen) atoms. The third-order valence-electron chi connectivity index (χ3n) is 3.56. The SMILES string of the molecule is CC1=C(C)C(C)=C(C2=C(C)C(C)=C(Br)[Si]2)[Si]1. The molecule has 2 aliphatic heterocycles. The second-order valence-corrected chi connectivity index (χ2v) is 8.71. The number of halogens is 1. The maximum absolute atomic E-state index is 3.70. The summed E-state index contributed by atoms with van der Waals surface area (Å²) in [5, 5.41) is 4.77. The van der Waals surface area contributed by atoms with Crippen molar-refractivity contribution in [3.63, 3.8) is 0 Å². The molecule has 0 unspecified atom stereocenters. The predicted molar refractivity (Wildman–Crippen MR) is 76.9 cm³/mol. The average Bonchev–Trinajstić information content (AvgIpc) is 2.64. The zero-order valence-corrected chi connectivity index (χ0v) is 14.0. The summed E-state index contributed by atoms with van der Waals surface area (Å²) in [5.41, 5.74) is 5.97. The van der Waals surface area contributed by atoms with Gasteiger partial charge in [0.15, 0.2) is 0 Å². The molecule has 2 heterocycles. The van der Waals surface area contributed by atoms with Crippen molar-refractivity contribution in [2.24, 2.45) is 0 Å². The van der Waals surface area contributed by atoms with Gasteiger partial charge in [0.05, 0.1) is 0 Å². The Morgan fingerprint density at radius 1 is 0.688 bits per heavy atom. The zero-order chi connectivity index (χ0) is 12.0. The first kappa shape index (κ1) is 12.3. The minimum absolute atomic E-state index is 0.832. The van der Waals surface area contributed by atoms with Crippen LogP contribution < -0.4 is 0 Å². The van der Waals surface area contributed by atoms with Crippen LogP contribution in [0, 0.1) is 0 Å². The molecule has 0 spiro atoms. The van der Waals surface area contributed by atoms with Gasteiger partial charge in [-0.15, -0.1) is 0 Å². The Morgan fingerprint density at radius 2 is 1.19 bits per heavy atom. The summed E-state index contributed by atoms with van der Waals surface area (Å²) in [6, 6.07) is 0. The van der Waals surface area contributed by atoms with Crippen LogP contribution in [0.3, 0.4) is 0 Å².